The minimum absolute atomic E-state index is 0.0676. The first-order valence-electron chi connectivity index (χ1n) is 7.88. The summed E-state index contributed by atoms with van der Waals surface area (Å²) in [4.78, 5) is 0. The Bertz CT molecular complexity index is 446. The monoisotopic (exact) mass is 289 g/mol. The summed E-state index contributed by atoms with van der Waals surface area (Å²) in [6, 6.07) is 10.3. The lowest BCUT2D eigenvalue weighted by atomic mass is 9.73. The summed E-state index contributed by atoms with van der Waals surface area (Å²) in [5.74, 6) is -0.449. The molecule has 1 aliphatic carbocycles. The third-order valence-corrected chi connectivity index (χ3v) is 4.79. The van der Waals surface area contributed by atoms with Crippen molar-refractivity contribution in [3.63, 3.8) is 0 Å². The largest absolute Gasteiger partial charge is 0.420 e. The van der Waals surface area contributed by atoms with Crippen molar-refractivity contribution in [2.24, 2.45) is 5.92 Å². The molecule has 114 valence electrons. The molecule has 1 N–H and O–H groups in total. The quantitative estimate of drug-likeness (QED) is 0.679. The second-order valence-corrected chi connectivity index (χ2v) is 5.96. The van der Waals surface area contributed by atoms with Crippen molar-refractivity contribution in [2.45, 2.75) is 44.1 Å². The van der Waals surface area contributed by atoms with E-state index in [1.807, 2.05) is 18.2 Å². The summed E-state index contributed by atoms with van der Waals surface area (Å²) in [6.07, 6.45) is 6.30. The molecule has 1 saturated carbocycles. The second-order valence-electron chi connectivity index (χ2n) is 5.96. The first kappa shape index (κ1) is 15.0. The molecular formula is C16H24BNO3. The van der Waals surface area contributed by atoms with E-state index in [1.165, 1.54) is 32.1 Å². The van der Waals surface area contributed by atoms with Crippen LogP contribution in [0.2, 0.25) is 0 Å². The topological polar surface area (TPSA) is 39.7 Å². The van der Waals surface area contributed by atoms with Crippen LogP contribution >= 0.6 is 0 Å². The van der Waals surface area contributed by atoms with Gasteiger partial charge >= 0.3 is 7.05 Å². The van der Waals surface area contributed by atoms with Crippen molar-refractivity contribution >= 4 is 12.5 Å². The average molecular weight is 289 g/mol. The van der Waals surface area contributed by atoms with E-state index in [2.05, 4.69) is 17.4 Å². The van der Waals surface area contributed by atoms with Gasteiger partial charge in [-0.2, -0.15) is 0 Å². The van der Waals surface area contributed by atoms with Crippen LogP contribution in [0.15, 0.2) is 30.3 Å². The Morgan fingerprint density at radius 2 is 1.76 bits per heavy atom. The van der Waals surface area contributed by atoms with Gasteiger partial charge < -0.3 is 19.4 Å². The fourth-order valence-corrected chi connectivity index (χ4v) is 3.65. The zero-order valence-corrected chi connectivity index (χ0v) is 12.9. The van der Waals surface area contributed by atoms with E-state index in [-0.39, 0.29) is 13.1 Å². The van der Waals surface area contributed by atoms with Gasteiger partial charge in [-0.3, -0.25) is 0 Å². The van der Waals surface area contributed by atoms with E-state index < -0.39 is 5.97 Å². The van der Waals surface area contributed by atoms with Crippen molar-refractivity contribution in [1.82, 2.24) is 5.23 Å². The van der Waals surface area contributed by atoms with E-state index >= 15 is 0 Å². The van der Waals surface area contributed by atoms with Crippen LogP contribution < -0.4 is 10.7 Å². The van der Waals surface area contributed by atoms with Gasteiger partial charge in [0.2, 0.25) is 0 Å². The number of nitrogens with one attached hydrogen (secondary N) is 1. The summed E-state index contributed by atoms with van der Waals surface area (Å²) in [5, 5.41) is 3.60. The van der Waals surface area contributed by atoms with Gasteiger partial charge in [-0.1, -0.05) is 49.6 Å². The van der Waals surface area contributed by atoms with Gasteiger partial charge in [-0.25, -0.2) is 0 Å². The van der Waals surface area contributed by atoms with Crippen LogP contribution in [-0.4, -0.2) is 33.3 Å². The molecule has 21 heavy (non-hydrogen) atoms. The van der Waals surface area contributed by atoms with Crippen molar-refractivity contribution in [3.05, 3.63) is 30.3 Å². The fourth-order valence-electron chi connectivity index (χ4n) is 3.65. The Morgan fingerprint density at radius 3 is 2.38 bits per heavy atom. The minimum Gasteiger partial charge on any atom is -0.366 e. The van der Waals surface area contributed by atoms with Crippen molar-refractivity contribution < 1.29 is 14.1 Å². The standard InChI is InChI=1S/C16H24BNO3/c1-19-16(20-2)15(13-9-5-3-6-10-13)18-17(21-16)14-11-7-4-8-12-14/h4,7-8,11-13,15,18H,3,5-6,9-10H2,1-2H3/t15-/m1/s1. The molecule has 0 amide bonds. The molecule has 1 aromatic rings. The van der Waals surface area contributed by atoms with E-state index in [9.17, 15) is 0 Å². The number of hydrogen-bond acceptors (Lipinski definition) is 4. The maximum absolute atomic E-state index is 6.14. The number of ether oxygens (including phenoxy) is 2. The first-order valence-corrected chi connectivity index (χ1v) is 7.88. The highest BCUT2D eigenvalue weighted by Gasteiger charge is 2.54. The van der Waals surface area contributed by atoms with Crippen LogP contribution in [0, 0.1) is 5.92 Å². The third kappa shape index (κ3) is 2.88. The van der Waals surface area contributed by atoms with Crippen LogP contribution in [0.25, 0.3) is 0 Å². The summed E-state index contributed by atoms with van der Waals surface area (Å²) in [5.41, 5.74) is 1.11. The van der Waals surface area contributed by atoms with Gasteiger partial charge in [-0.15, -0.1) is 0 Å². The van der Waals surface area contributed by atoms with Gasteiger partial charge in [0.25, 0.3) is 5.97 Å². The molecule has 1 saturated heterocycles. The van der Waals surface area contributed by atoms with Gasteiger partial charge in [0, 0.05) is 14.2 Å². The van der Waals surface area contributed by atoms with Crippen LogP contribution in [0.1, 0.15) is 32.1 Å². The third-order valence-electron chi connectivity index (χ3n) is 4.79. The number of benzene rings is 1. The lowest BCUT2D eigenvalue weighted by Gasteiger charge is -2.37. The van der Waals surface area contributed by atoms with Crippen LogP contribution in [0.4, 0.5) is 0 Å². The normalized spacial score (nSPS) is 26.2. The molecule has 1 atom stereocenters. The molecule has 2 aliphatic rings. The highest BCUT2D eigenvalue weighted by atomic mass is 16.9. The summed E-state index contributed by atoms with van der Waals surface area (Å²) in [6.45, 7) is 0. The predicted octanol–water partition coefficient (Wildman–Crippen LogP) is 1.90. The molecule has 0 radical (unpaired) electrons. The second kappa shape index (κ2) is 6.49. The Labute approximate surface area is 127 Å². The molecule has 1 heterocycles. The van der Waals surface area contributed by atoms with Crippen LogP contribution in [-0.2, 0) is 14.1 Å². The van der Waals surface area contributed by atoms with Gasteiger partial charge in [0.1, 0.15) is 0 Å². The van der Waals surface area contributed by atoms with Crippen LogP contribution in [0.3, 0.4) is 0 Å². The first-order chi connectivity index (χ1) is 10.3. The molecule has 1 aliphatic heterocycles. The summed E-state index contributed by atoms with van der Waals surface area (Å²) in [7, 11) is 3.14. The zero-order valence-electron chi connectivity index (χ0n) is 12.9. The van der Waals surface area contributed by atoms with Gasteiger partial charge in [-0.05, 0) is 24.2 Å². The molecular weight excluding hydrogens is 265 g/mol. The highest BCUT2D eigenvalue weighted by Crippen LogP contribution is 2.36. The highest BCUT2D eigenvalue weighted by molar-refractivity contribution is 6.65. The smallest absolute Gasteiger partial charge is 0.366 e. The molecule has 3 rings (SSSR count). The molecule has 2 fully saturated rings. The van der Waals surface area contributed by atoms with Crippen molar-refractivity contribution in [2.75, 3.05) is 14.2 Å². The van der Waals surface area contributed by atoms with Crippen molar-refractivity contribution in [1.29, 1.82) is 0 Å². The Morgan fingerprint density at radius 1 is 1.10 bits per heavy atom. The van der Waals surface area contributed by atoms with Gasteiger partial charge in [0.15, 0.2) is 0 Å². The predicted molar refractivity (Wildman–Crippen MR) is 83.2 cm³/mol. The number of hydrogen-bond donors (Lipinski definition) is 1. The molecule has 0 aromatic heterocycles. The van der Waals surface area contributed by atoms with E-state index in [0.717, 1.165) is 5.46 Å². The number of rotatable bonds is 4. The van der Waals surface area contributed by atoms with E-state index in [1.54, 1.807) is 14.2 Å². The molecule has 5 heteroatoms. The minimum atomic E-state index is -0.984. The lowest BCUT2D eigenvalue weighted by molar-refractivity contribution is -0.330. The van der Waals surface area contributed by atoms with Gasteiger partial charge in [0.05, 0.1) is 6.04 Å². The Balaban J connectivity index is 1.83. The maximum atomic E-state index is 6.14. The molecule has 0 unspecified atom stereocenters. The molecule has 0 spiro atoms. The fraction of sp³-hybridized carbons (Fsp3) is 0.625. The Hall–Kier alpha value is -0.875. The number of methoxy groups -OCH3 is 2. The Kier molecular flexibility index (Phi) is 4.64. The molecule has 4 nitrogen and oxygen atoms in total. The lowest BCUT2D eigenvalue weighted by Crippen LogP contribution is -2.52. The SMILES string of the molecule is COC1(OC)OB(c2ccccc2)N[C@@H]1C1CCCCC1. The van der Waals surface area contributed by atoms with Crippen LogP contribution in [0.5, 0.6) is 0 Å². The van der Waals surface area contributed by atoms with E-state index in [0.29, 0.717) is 5.92 Å². The molecule has 1 aromatic carbocycles. The summed E-state index contributed by atoms with van der Waals surface area (Å²) < 4.78 is 17.5. The molecule has 0 bridgehead atoms. The summed E-state index contributed by atoms with van der Waals surface area (Å²) >= 11 is 0. The van der Waals surface area contributed by atoms with Crippen molar-refractivity contribution in [3.8, 4) is 0 Å². The van der Waals surface area contributed by atoms with E-state index in [4.69, 9.17) is 14.1 Å². The average Bonchev–Trinajstić information content (AvgIpc) is 2.97. The maximum Gasteiger partial charge on any atom is 0.420 e. The zero-order chi connectivity index (χ0) is 14.7.